The van der Waals surface area contributed by atoms with Crippen LogP contribution >= 0.6 is 22.4 Å². The molecule has 3 fully saturated rings. The summed E-state index contributed by atoms with van der Waals surface area (Å²) >= 11 is 6.19. The van der Waals surface area contributed by atoms with Crippen LogP contribution in [-0.2, 0) is 16.0 Å². The van der Waals surface area contributed by atoms with Gasteiger partial charge >= 0.3 is 6.09 Å². The zero-order chi connectivity index (χ0) is 33.0. The topological polar surface area (TPSA) is 143 Å². The van der Waals surface area contributed by atoms with Gasteiger partial charge in [-0.05, 0) is 80.2 Å². The lowest BCUT2D eigenvalue weighted by molar-refractivity contribution is -0.119. The molecule has 13 heteroatoms. The van der Waals surface area contributed by atoms with E-state index in [1.165, 1.54) is 12.1 Å². The Morgan fingerprint density at radius 1 is 1.17 bits per heavy atom. The van der Waals surface area contributed by atoms with Crippen molar-refractivity contribution in [2.45, 2.75) is 82.5 Å². The minimum absolute atomic E-state index is 0.0379. The van der Waals surface area contributed by atoms with Crippen LogP contribution in [0, 0.1) is 17.7 Å². The summed E-state index contributed by atoms with van der Waals surface area (Å²) in [6, 6.07) is 10.3. The zero-order valence-corrected chi connectivity index (χ0v) is 27.9. The van der Waals surface area contributed by atoms with E-state index >= 15 is 4.39 Å². The van der Waals surface area contributed by atoms with Crippen LogP contribution in [0.5, 0.6) is 0 Å². The minimum Gasteiger partial charge on any atom is -0.465 e. The van der Waals surface area contributed by atoms with Crippen LogP contribution in [0.1, 0.15) is 63.0 Å². The first-order chi connectivity index (χ1) is 21.9. The first kappa shape index (κ1) is 34.9. The number of anilines is 1. The Kier molecular flexibility index (Phi) is 11.5. The molecule has 3 aliphatic heterocycles. The molecule has 46 heavy (non-hydrogen) atoms. The number of rotatable bonds is 10. The third kappa shape index (κ3) is 8.33. The van der Waals surface area contributed by atoms with Crippen LogP contribution in [-0.4, -0.2) is 80.2 Å². The van der Waals surface area contributed by atoms with Crippen molar-refractivity contribution >= 4 is 40.1 Å². The van der Waals surface area contributed by atoms with Gasteiger partial charge in [-0.25, -0.2) is 13.5 Å². The molecule has 10 nitrogen and oxygen atoms in total. The van der Waals surface area contributed by atoms with Gasteiger partial charge in [0.05, 0.1) is 11.9 Å². The van der Waals surface area contributed by atoms with E-state index in [0.29, 0.717) is 49.7 Å². The molecular weight excluding hydrogens is 635 g/mol. The summed E-state index contributed by atoms with van der Waals surface area (Å²) in [4.78, 5) is 26.3. The molecule has 7 atom stereocenters. The van der Waals surface area contributed by atoms with Crippen molar-refractivity contribution in [1.29, 1.82) is 0 Å². The monoisotopic (exact) mass is 680 g/mol. The van der Waals surface area contributed by atoms with Gasteiger partial charge in [0.1, 0.15) is 11.9 Å². The van der Waals surface area contributed by atoms with Crippen LogP contribution < -0.4 is 16.0 Å². The van der Waals surface area contributed by atoms with Gasteiger partial charge in [0.15, 0.2) is 0 Å². The fourth-order valence-corrected chi connectivity index (χ4v) is 9.23. The van der Waals surface area contributed by atoms with Gasteiger partial charge in [0.25, 0.3) is 0 Å². The van der Waals surface area contributed by atoms with Crippen LogP contribution in [0.15, 0.2) is 42.5 Å². The van der Waals surface area contributed by atoms with E-state index < -0.39 is 40.6 Å². The number of hydrogen-bond acceptors (Lipinski definition) is 7. The smallest absolute Gasteiger partial charge is 0.405 e. The van der Waals surface area contributed by atoms with Crippen LogP contribution in [0.2, 0.25) is 5.02 Å². The summed E-state index contributed by atoms with van der Waals surface area (Å²) in [6.07, 6.45) is 2.17. The molecule has 0 saturated carbocycles. The van der Waals surface area contributed by atoms with E-state index in [9.17, 15) is 23.8 Å². The van der Waals surface area contributed by atoms with Crippen LogP contribution in [0.3, 0.4) is 0 Å². The van der Waals surface area contributed by atoms with Crippen LogP contribution in [0.25, 0.3) is 0 Å². The minimum atomic E-state index is -2.92. The first-order valence-electron chi connectivity index (χ1n) is 16.1. The summed E-state index contributed by atoms with van der Waals surface area (Å²) in [5, 5.41) is 19.2. The number of halogens is 2. The lowest BCUT2D eigenvalue weighted by Gasteiger charge is -2.49. The predicted octanol–water partition coefficient (Wildman–Crippen LogP) is 6.32. The average molecular weight is 681 g/mol. The highest BCUT2D eigenvalue weighted by Crippen LogP contribution is 2.49. The maximum absolute atomic E-state index is 15.4. The average Bonchev–Trinajstić information content (AvgIpc) is 3.13. The third-order valence-electron chi connectivity index (χ3n) is 9.68. The number of carboxylic acid groups (broad SMARTS) is 1. The highest BCUT2D eigenvalue weighted by molar-refractivity contribution is 8.22. The largest absolute Gasteiger partial charge is 0.465 e. The number of amides is 2. The molecule has 3 heterocycles. The quantitative estimate of drug-likeness (QED) is 0.171. The number of fused-ring (bicyclic) bond motifs is 2. The molecule has 0 radical (unpaired) electrons. The molecule has 0 aromatic heterocycles. The number of nitrogens with one attached hydrogen (secondary N) is 3. The lowest BCUT2D eigenvalue weighted by atomic mass is 9.74. The molecular formula is C33H46ClFN4O6S. The predicted molar refractivity (Wildman–Crippen MR) is 179 cm³/mol. The second-order valence-corrected chi connectivity index (χ2v) is 15.7. The molecule has 2 bridgehead atoms. The third-order valence-corrected chi connectivity index (χ3v) is 12.0. The van der Waals surface area contributed by atoms with Gasteiger partial charge in [-0.2, -0.15) is 0 Å². The fraction of sp³-hybridized carbons (Fsp3) is 0.576. The zero-order valence-electron chi connectivity index (χ0n) is 26.3. The summed E-state index contributed by atoms with van der Waals surface area (Å²) < 4.78 is 44.9. The second-order valence-electron chi connectivity index (χ2n) is 13.1. The molecule has 3 saturated heterocycles. The number of benzene rings is 2. The lowest BCUT2D eigenvalue weighted by Crippen LogP contribution is -2.55. The Hall–Kier alpha value is -2.45. The number of carbonyl (C=O) groups excluding carboxylic acids is 1. The Morgan fingerprint density at radius 2 is 1.93 bits per heavy atom. The molecule has 2 amide bonds. The molecule has 5 unspecified atom stereocenters. The molecule has 0 aliphatic carbocycles. The van der Waals surface area contributed by atoms with Crippen LogP contribution in [0.4, 0.5) is 14.9 Å². The van der Waals surface area contributed by atoms with E-state index in [1.807, 2.05) is 12.1 Å². The van der Waals surface area contributed by atoms with Gasteiger partial charge in [-0.1, -0.05) is 43.6 Å². The summed E-state index contributed by atoms with van der Waals surface area (Å²) in [5.41, 5.74) is 1.31. The Bertz CT molecular complexity index is 1370. The van der Waals surface area contributed by atoms with Crippen molar-refractivity contribution in [2.24, 2.45) is 11.8 Å². The molecule has 5 rings (SSSR count). The van der Waals surface area contributed by atoms with Gasteiger partial charge in [0, 0.05) is 54.0 Å². The van der Waals surface area contributed by atoms with Gasteiger partial charge in [0.2, 0.25) is 5.91 Å². The van der Waals surface area contributed by atoms with E-state index in [0.717, 1.165) is 18.4 Å². The Labute approximate surface area is 276 Å². The standard InChI is InChI=1S/C33H46ClFN4O6S/c1-20(2)29-17-22(14-15-45-29)30(21-8-10-23(34)11-9-21)31(38-33(41)42)32(40)37-28-7-3-6-27(35)26(28)13-12-25-18-36-24-5-4-16-46(43,44)39(25)19-24/h3,6-11,20,22,24-25,29-31,36,38,43-44H,4-5,12-19H2,1-2H3,(H,37,40)(H,41,42)/t22?,24?,25?,29?,30-,31+/m0/s1. The van der Waals surface area contributed by atoms with Crippen molar-refractivity contribution < 1.29 is 32.9 Å². The molecule has 6 N–H and O–H groups in total. The molecule has 254 valence electrons. The number of carbonyl (C=O) groups is 2. The van der Waals surface area contributed by atoms with Crippen molar-refractivity contribution in [3.05, 3.63) is 64.4 Å². The molecule has 0 spiro atoms. The molecule has 3 aliphatic rings. The number of hydrogen-bond donors (Lipinski definition) is 6. The summed E-state index contributed by atoms with van der Waals surface area (Å²) in [7, 11) is -2.92. The van der Waals surface area contributed by atoms with Crippen molar-refractivity contribution in [1.82, 2.24) is 14.9 Å². The van der Waals surface area contributed by atoms with Gasteiger partial charge in [-0.15, -0.1) is 10.8 Å². The van der Waals surface area contributed by atoms with E-state index in [2.05, 4.69) is 29.8 Å². The first-order valence-corrected chi connectivity index (χ1v) is 18.2. The summed E-state index contributed by atoms with van der Waals surface area (Å²) in [5.74, 6) is -1.14. The van der Waals surface area contributed by atoms with Gasteiger partial charge in [-0.3, -0.25) is 13.9 Å². The normalized spacial score (nSPS) is 28.0. The second kappa shape index (κ2) is 15.2. The highest BCUT2D eigenvalue weighted by atomic mass is 35.5. The van der Waals surface area contributed by atoms with Crippen molar-refractivity contribution in [3.8, 4) is 0 Å². The number of nitrogens with zero attached hydrogens (tertiary/aromatic N) is 1. The Morgan fingerprint density at radius 3 is 2.65 bits per heavy atom. The maximum atomic E-state index is 15.4. The molecule has 2 aromatic rings. The molecule has 2 aromatic carbocycles. The Balaban J connectivity index is 1.40. The SMILES string of the molecule is CC(C)C1CC([C@H](c2ccc(Cl)cc2)[C@@H](NC(=O)O)C(=O)Nc2cccc(F)c2CCC2CNC3CCCS(O)(O)N2C3)CCO1. The van der Waals surface area contributed by atoms with E-state index in [4.69, 9.17) is 16.3 Å². The van der Waals surface area contributed by atoms with E-state index in [1.54, 1.807) is 22.5 Å². The highest BCUT2D eigenvalue weighted by Gasteiger charge is 2.41. The van der Waals surface area contributed by atoms with E-state index in [-0.39, 0.29) is 47.7 Å². The van der Waals surface area contributed by atoms with Crippen molar-refractivity contribution in [3.63, 3.8) is 0 Å². The summed E-state index contributed by atoms with van der Waals surface area (Å²) in [6.45, 7) is 5.71. The fourth-order valence-electron chi connectivity index (χ4n) is 7.24. The maximum Gasteiger partial charge on any atom is 0.405 e. The number of piperazine rings is 1. The van der Waals surface area contributed by atoms with Crippen molar-refractivity contribution in [2.75, 3.05) is 30.8 Å². The van der Waals surface area contributed by atoms with Gasteiger partial charge < -0.3 is 25.8 Å². The number of ether oxygens (including phenoxy) is 1.